The highest BCUT2D eigenvalue weighted by atomic mass is 16.2. The fraction of sp³-hybridized carbons (Fsp3) is 0.700. The van der Waals surface area contributed by atoms with Crippen molar-refractivity contribution in [1.29, 1.82) is 0 Å². The summed E-state index contributed by atoms with van der Waals surface area (Å²) in [6, 6.07) is 0.476. The lowest BCUT2D eigenvalue weighted by atomic mass is 9.94. The second-order valence-electron chi connectivity index (χ2n) is 4.53. The molecule has 2 aliphatic rings. The summed E-state index contributed by atoms with van der Waals surface area (Å²) in [4.78, 5) is 13.9. The van der Waals surface area contributed by atoms with E-state index in [0.29, 0.717) is 17.7 Å². The zero-order valence-electron chi connectivity index (χ0n) is 9.02. The predicted octanol–water partition coefficient (Wildman–Crippen LogP) is -0.371. The van der Waals surface area contributed by atoms with Gasteiger partial charge in [-0.05, 0) is 25.3 Å². The molecule has 2 saturated heterocycles. The third-order valence-corrected chi connectivity index (χ3v) is 3.52. The van der Waals surface area contributed by atoms with Crippen molar-refractivity contribution in [3.63, 3.8) is 0 Å². The minimum atomic E-state index is -0.00931. The molecule has 0 saturated carbocycles. The van der Waals surface area contributed by atoms with Crippen LogP contribution in [0.15, 0.2) is 6.20 Å². The second-order valence-corrected chi connectivity index (χ2v) is 4.53. The molecule has 0 radical (unpaired) electrons. The van der Waals surface area contributed by atoms with E-state index in [-0.39, 0.29) is 5.91 Å². The van der Waals surface area contributed by atoms with Crippen LogP contribution in [0.2, 0.25) is 0 Å². The normalized spacial score (nSPS) is 29.1. The van der Waals surface area contributed by atoms with Crippen molar-refractivity contribution in [3.8, 4) is 0 Å². The molecule has 2 N–H and O–H groups in total. The molecule has 0 aromatic carbocycles. The Morgan fingerprint density at radius 2 is 2.44 bits per heavy atom. The summed E-state index contributed by atoms with van der Waals surface area (Å²) in [7, 11) is 0. The third kappa shape index (κ3) is 1.59. The summed E-state index contributed by atoms with van der Waals surface area (Å²) < 4.78 is 0. The Morgan fingerprint density at radius 1 is 1.50 bits per heavy atom. The molecular weight excluding hydrogens is 206 g/mol. The maximum Gasteiger partial charge on any atom is 0.276 e. The Bertz CT molecular complexity index is 363. The highest BCUT2D eigenvalue weighted by molar-refractivity contribution is 5.92. The van der Waals surface area contributed by atoms with Crippen molar-refractivity contribution in [2.24, 2.45) is 5.92 Å². The van der Waals surface area contributed by atoms with Gasteiger partial charge >= 0.3 is 0 Å². The molecule has 0 aliphatic carbocycles. The number of rotatable bonds is 1. The van der Waals surface area contributed by atoms with Gasteiger partial charge in [-0.2, -0.15) is 15.4 Å². The number of amides is 1. The zero-order valence-corrected chi connectivity index (χ0v) is 9.02. The number of nitrogens with one attached hydrogen (secondary N) is 2. The molecule has 1 aromatic rings. The van der Waals surface area contributed by atoms with E-state index in [1.54, 1.807) is 0 Å². The van der Waals surface area contributed by atoms with Crippen molar-refractivity contribution >= 4 is 5.91 Å². The van der Waals surface area contributed by atoms with E-state index in [1.165, 1.54) is 19.0 Å². The first-order valence-corrected chi connectivity index (χ1v) is 5.73. The van der Waals surface area contributed by atoms with Crippen molar-refractivity contribution < 1.29 is 4.79 Å². The number of fused-ring (bicyclic) bond motifs is 1. The van der Waals surface area contributed by atoms with Crippen LogP contribution < -0.4 is 5.32 Å². The van der Waals surface area contributed by atoms with Gasteiger partial charge in [0.05, 0.1) is 6.20 Å². The average Bonchev–Trinajstić information content (AvgIpc) is 2.97. The van der Waals surface area contributed by atoms with Crippen molar-refractivity contribution in [2.75, 3.05) is 19.6 Å². The van der Waals surface area contributed by atoms with Crippen molar-refractivity contribution in [2.45, 2.75) is 18.9 Å². The largest absolute Gasteiger partial charge is 0.335 e. The van der Waals surface area contributed by atoms with Gasteiger partial charge in [-0.15, -0.1) is 0 Å². The van der Waals surface area contributed by atoms with Gasteiger partial charge in [0.2, 0.25) is 0 Å². The van der Waals surface area contributed by atoms with Gasteiger partial charge in [-0.3, -0.25) is 4.79 Å². The van der Waals surface area contributed by atoms with Gasteiger partial charge in [0, 0.05) is 19.1 Å². The minimum Gasteiger partial charge on any atom is -0.335 e. The zero-order chi connectivity index (χ0) is 11.0. The molecular formula is C10H15N5O. The van der Waals surface area contributed by atoms with Gasteiger partial charge in [0.15, 0.2) is 5.69 Å². The Labute approximate surface area is 93.4 Å². The second kappa shape index (κ2) is 3.86. The molecule has 1 aromatic heterocycles. The standard InChI is InChI=1S/C10H15N5O/c16-10(8-4-12-14-13-8)15-5-7-2-1-3-11-9(7)6-15/h4,7,9,11H,1-3,5-6H2,(H,12,13,14). The van der Waals surface area contributed by atoms with E-state index in [0.717, 1.165) is 19.6 Å². The Kier molecular flexibility index (Phi) is 2.36. The smallest absolute Gasteiger partial charge is 0.276 e. The summed E-state index contributed by atoms with van der Waals surface area (Å²) in [6.45, 7) is 2.73. The number of hydrogen-bond donors (Lipinski definition) is 2. The Balaban J connectivity index is 1.71. The fourth-order valence-corrected chi connectivity index (χ4v) is 2.68. The average molecular weight is 221 g/mol. The van der Waals surface area contributed by atoms with Crippen LogP contribution in [0.1, 0.15) is 23.3 Å². The first-order valence-electron chi connectivity index (χ1n) is 5.73. The molecule has 0 bridgehead atoms. The van der Waals surface area contributed by atoms with Crippen LogP contribution in [0.4, 0.5) is 0 Å². The molecule has 0 spiro atoms. The molecule has 3 heterocycles. The summed E-state index contributed by atoms with van der Waals surface area (Å²) in [5.41, 5.74) is 0.415. The summed E-state index contributed by atoms with van der Waals surface area (Å²) >= 11 is 0. The maximum atomic E-state index is 12.0. The highest BCUT2D eigenvalue weighted by Crippen LogP contribution is 2.25. The summed E-state index contributed by atoms with van der Waals surface area (Å²) in [6.07, 6.45) is 3.92. The SMILES string of the molecule is O=C(c1cn[nH]n1)N1CC2CCCNC2C1. The molecule has 2 fully saturated rings. The van der Waals surface area contributed by atoms with Crippen molar-refractivity contribution in [3.05, 3.63) is 11.9 Å². The first kappa shape index (κ1) is 9.77. The van der Waals surface area contributed by atoms with Crippen LogP contribution >= 0.6 is 0 Å². The topological polar surface area (TPSA) is 73.9 Å². The molecule has 2 unspecified atom stereocenters. The number of carbonyl (C=O) groups is 1. The van der Waals surface area contributed by atoms with Gasteiger partial charge in [0.25, 0.3) is 5.91 Å². The van der Waals surface area contributed by atoms with Gasteiger partial charge in [-0.1, -0.05) is 0 Å². The lowest BCUT2D eigenvalue weighted by Gasteiger charge is -2.24. The summed E-state index contributed by atoms with van der Waals surface area (Å²) in [5, 5.41) is 13.4. The Morgan fingerprint density at radius 3 is 3.19 bits per heavy atom. The monoisotopic (exact) mass is 221 g/mol. The molecule has 2 aliphatic heterocycles. The summed E-state index contributed by atoms with van der Waals surface area (Å²) in [5.74, 6) is 0.606. The fourth-order valence-electron chi connectivity index (χ4n) is 2.68. The first-order chi connectivity index (χ1) is 7.84. The van der Waals surface area contributed by atoms with Gasteiger partial charge < -0.3 is 10.2 Å². The number of piperidine rings is 1. The van der Waals surface area contributed by atoms with Gasteiger partial charge in [0.1, 0.15) is 0 Å². The minimum absolute atomic E-state index is 0.00931. The van der Waals surface area contributed by atoms with E-state index in [1.807, 2.05) is 4.90 Å². The molecule has 86 valence electrons. The van der Waals surface area contributed by atoms with Crippen LogP contribution in [0, 0.1) is 5.92 Å². The number of aromatic amines is 1. The number of likely N-dealkylation sites (tertiary alicyclic amines) is 1. The molecule has 6 heteroatoms. The number of nitrogens with zero attached hydrogens (tertiary/aromatic N) is 3. The highest BCUT2D eigenvalue weighted by Gasteiger charge is 2.37. The van der Waals surface area contributed by atoms with Crippen molar-refractivity contribution in [1.82, 2.24) is 25.6 Å². The van der Waals surface area contributed by atoms with E-state index >= 15 is 0 Å². The lowest BCUT2D eigenvalue weighted by Crippen LogP contribution is -2.41. The van der Waals surface area contributed by atoms with Crippen LogP contribution in [0.5, 0.6) is 0 Å². The van der Waals surface area contributed by atoms with Crippen LogP contribution in [0.25, 0.3) is 0 Å². The third-order valence-electron chi connectivity index (χ3n) is 3.52. The van der Waals surface area contributed by atoms with Crippen LogP contribution in [-0.4, -0.2) is 51.9 Å². The van der Waals surface area contributed by atoms with Gasteiger partial charge in [-0.25, -0.2) is 0 Å². The lowest BCUT2D eigenvalue weighted by molar-refractivity contribution is 0.0780. The van der Waals surface area contributed by atoms with E-state index in [2.05, 4.69) is 20.7 Å². The number of hydrogen-bond acceptors (Lipinski definition) is 4. The van der Waals surface area contributed by atoms with E-state index in [9.17, 15) is 4.79 Å². The number of aromatic nitrogens is 3. The quantitative estimate of drug-likeness (QED) is 0.678. The molecule has 6 nitrogen and oxygen atoms in total. The Hall–Kier alpha value is -1.43. The molecule has 1 amide bonds. The molecule has 3 rings (SSSR count). The predicted molar refractivity (Wildman–Crippen MR) is 56.8 cm³/mol. The molecule has 2 atom stereocenters. The van der Waals surface area contributed by atoms with E-state index in [4.69, 9.17) is 0 Å². The number of H-pyrrole nitrogens is 1. The number of carbonyl (C=O) groups excluding carboxylic acids is 1. The maximum absolute atomic E-state index is 12.0. The molecule has 16 heavy (non-hydrogen) atoms. The van der Waals surface area contributed by atoms with E-state index < -0.39 is 0 Å². The van der Waals surface area contributed by atoms with Crippen LogP contribution in [0.3, 0.4) is 0 Å². The van der Waals surface area contributed by atoms with Crippen LogP contribution in [-0.2, 0) is 0 Å².